The Balaban J connectivity index is 2.70. The normalized spacial score (nSPS) is 22.6. The molecule has 18 heavy (non-hydrogen) atoms. The van der Waals surface area contributed by atoms with E-state index in [-0.39, 0.29) is 11.3 Å². The fourth-order valence-electron chi connectivity index (χ4n) is 1.85. The molecule has 10 heteroatoms. The zero-order valence-electron chi connectivity index (χ0n) is 8.89. The molecule has 0 unspecified atom stereocenters. The third-order valence-electron chi connectivity index (χ3n) is 2.80. The third kappa shape index (κ3) is 1.94. The van der Waals surface area contributed by atoms with Crippen molar-refractivity contribution >= 4 is 27.8 Å². The summed E-state index contributed by atoms with van der Waals surface area (Å²) in [4.78, 5) is 35.0. The zero-order valence-corrected chi connectivity index (χ0v) is 11.6. The molecule has 100 valence electrons. The van der Waals surface area contributed by atoms with Gasteiger partial charge in [-0.05, 0) is 12.2 Å². The molecule has 0 radical (unpaired) electrons. The molecule has 1 heterocycles. The van der Waals surface area contributed by atoms with Gasteiger partial charge in [-0.1, -0.05) is 6.08 Å². The minimum atomic E-state index is -5.08. The minimum Gasteiger partial charge on any atom is -0.381 e. The van der Waals surface area contributed by atoms with Crippen LogP contribution in [0.15, 0.2) is 34.4 Å². The lowest BCUT2D eigenvalue weighted by molar-refractivity contribution is 0.333. The predicted octanol–water partition coefficient (Wildman–Crippen LogP) is 0.279. The van der Waals surface area contributed by atoms with Gasteiger partial charge in [-0.2, -0.15) is 0 Å². The van der Waals surface area contributed by atoms with Crippen LogP contribution in [-0.4, -0.2) is 31.0 Å². The summed E-state index contributed by atoms with van der Waals surface area (Å²) in [6.07, 6.45) is 3.43. The molecule has 1 aliphatic carbocycles. The van der Waals surface area contributed by atoms with Crippen LogP contribution >= 0.6 is 27.8 Å². The Morgan fingerprint density at radius 1 is 1.17 bits per heavy atom. The highest BCUT2D eigenvalue weighted by atomic mass is 32.1. The molecule has 0 amide bonds. The average molecular weight is 311 g/mol. The Labute approximate surface area is 108 Å². The van der Waals surface area contributed by atoms with Crippen molar-refractivity contribution in [2.45, 2.75) is 4.90 Å². The van der Waals surface area contributed by atoms with Gasteiger partial charge in [-0.15, -0.1) is 12.6 Å². The smallest absolute Gasteiger partial charge is 0.351 e. The van der Waals surface area contributed by atoms with Gasteiger partial charge in [0.05, 0.1) is 0 Å². The first-order chi connectivity index (χ1) is 8.08. The van der Waals surface area contributed by atoms with Crippen LogP contribution in [0.4, 0.5) is 0 Å². The summed E-state index contributed by atoms with van der Waals surface area (Å²) in [5.74, 6) is 0. The maximum atomic E-state index is 11.5. The van der Waals surface area contributed by atoms with Gasteiger partial charge in [0, 0.05) is 22.7 Å². The van der Waals surface area contributed by atoms with Crippen LogP contribution < -0.4 is 5.32 Å². The van der Waals surface area contributed by atoms with Gasteiger partial charge in [0.1, 0.15) is 0 Å². The number of hydrogen-bond donors (Lipinski definition) is 6. The average Bonchev–Trinajstić information content (AvgIpc) is 2.57. The van der Waals surface area contributed by atoms with Crippen LogP contribution in [0.2, 0.25) is 0 Å². The first-order valence-electron chi connectivity index (χ1n) is 4.79. The summed E-state index contributed by atoms with van der Waals surface area (Å²) in [6, 6.07) is 0. The van der Waals surface area contributed by atoms with Gasteiger partial charge in [0.2, 0.25) is 4.90 Å². The molecular weight excluding hydrogens is 300 g/mol. The van der Waals surface area contributed by atoms with Crippen LogP contribution in [0.1, 0.15) is 0 Å². The highest BCUT2D eigenvalue weighted by Crippen LogP contribution is 2.72. The molecular formula is C8H11NO6P2S. The first kappa shape index (κ1) is 14.1. The summed E-state index contributed by atoms with van der Waals surface area (Å²) >= 11 is 4.11. The van der Waals surface area contributed by atoms with Gasteiger partial charge < -0.3 is 24.9 Å². The Bertz CT molecular complexity index is 560. The fraction of sp³-hybridized carbons (Fsp3) is 0.250. The Hall–Kier alpha value is -0.330. The predicted molar refractivity (Wildman–Crippen MR) is 68.1 cm³/mol. The molecule has 7 nitrogen and oxygen atoms in total. The number of rotatable bonds is 2. The van der Waals surface area contributed by atoms with Crippen molar-refractivity contribution in [1.82, 2.24) is 5.32 Å². The second kappa shape index (κ2) is 4.08. The summed E-state index contributed by atoms with van der Waals surface area (Å²) in [7, 11) is -10.2. The fourth-order valence-corrected chi connectivity index (χ4v) is 4.68. The molecule has 2 aliphatic rings. The lowest BCUT2D eigenvalue weighted by atomic mass is 10.1. The van der Waals surface area contributed by atoms with E-state index in [1.54, 1.807) is 6.08 Å². The second-order valence-corrected chi connectivity index (χ2v) is 8.45. The summed E-state index contributed by atoms with van der Waals surface area (Å²) < 4.78 is 23.0. The van der Waals surface area contributed by atoms with Crippen molar-refractivity contribution in [1.29, 1.82) is 0 Å². The van der Waals surface area contributed by atoms with Gasteiger partial charge >= 0.3 is 15.2 Å². The van der Waals surface area contributed by atoms with Crippen LogP contribution in [0.5, 0.6) is 0 Å². The number of fused-ring (bicyclic) bond motifs is 1. The lowest BCUT2D eigenvalue weighted by Crippen LogP contribution is -2.23. The van der Waals surface area contributed by atoms with Gasteiger partial charge in [0.25, 0.3) is 0 Å². The maximum Gasteiger partial charge on any atom is 0.351 e. The molecule has 0 aromatic rings. The van der Waals surface area contributed by atoms with E-state index in [9.17, 15) is 28.7 Å². The molecule has 0 saturated heterocycles. The minimum absolute atomic E-state index is 0.272. The van der Waals surface area contributed by atoms with Crippen LogP contribution in [0.3, 0.4) is 0 Å². The molecule has 0 aromatic heterocycles. The van der Waals surface area contributed by atoms with E-state index in [0.717, 1.165) is 12.2 Å². The van der Waals surface area contributed by atoms with E-state index >= 15 is 0 Å². The Kier molecular flexibility index (Phi) is 3.19. The van der Waals surface area contributed by atoms with Crippen LogP contribution in [0, 0.1) is 0 Å². The molecule has 2 rings (SSSR count). The quantitative estimate of drug-likeness (QED) is 0.319. The van der Waals surface area contributed by atoms with E-state index in [2.05, 4.69) is 17.9 Å². The number of thiol groups is 1. The number of nitrogens with one attached hydrogen (secondary N) is 1. The van der Waals surface area contributed by atoms with E-state index < -0.39 is 20.1 Å². The summed E-state index contributed by atoms with van der Waals surface area (Å²) in [5, 5.41) is 2.79. The monoisotopic (exact) mass is 311 g/mol. The van der Waals surface area contributed by atoms with E-state index in [1.165, 1.54) is 0 Å². The molecule has 0 atom stereocenters. The zero-order chi connectivity index (χ0) is 13.8. The molecule has 0 aromatic carbocycles. The summed E-state index contributed by atoms with van der Waals surface area (Å²) in [5.41, 5.74) is 0.561. The molecule has 0 bridgehead atoms. The number of hydrogen-bond acceptors (Lipinski definition) is 4. The van der Waals surface area contributed by atoms with Crippen molar-refractivity contribution in [3.63, 3.8) is 0 Å². The van der Waals surface area contributed by atoms with Crippen molar-refractivity contribution in [3.8, 4) is 0 Å². The number of allylic oxidation sites excluding steroid dienone is 3. The van der Waals surface area contributed by atoms with Gasteiger partial charge in [0.15, 0.2) is 0 Å². The first-order valence-corrected chi connectivity index (χ1v) is 8.46. The maximum absolute atomic E-state index is 11.5. The molecule has 1 aliphatic heterocycles. The molecule has 5 N–H and O–H groups in total. The van der Waals surface area contributed by atoms with Crippen LogP contribution in [-0.2, 0) is 9.13 Å². The van der Waals surface area contributed by atoms with Crippen molar-refractivity contribution in [2.75, 3.05) is 6.54 Å². The SMILES string of the molecule is O=P(O)(O)C1(P(=O)(O)O)C=C2NCC=C(S)C2=C1. The standard InChI is InChI=1S/C8H11NO6P2S/c10-16(11,12)8(17(13,14)15)3-5-6(4-8)9-2-1-7(5)18/h1,3-4,9,18H,2H2,(H2,10,11,12)(H2,13,14,15). The highest BCUT2D eigenvalue weighted by Gasteiger charge is 2.60. The topological polar surface area (TPSA) is 127 Å². The molecule has 0 saturated carbocycles. The highest BCUT2D eigenvalue weighted by molar-refractivity contribution is 7.84. The second-order valence-electron chi connectivity index (χ2n) is 3.96. The lowest BCUT2D eigenvalue weighted by Gasteiger charge is -2.26. The van der Waals surface area contributed by atoms with E-state index in [4.69, 9.17) is 0 Å². The van der Waals surface area contributed by atoms with E-state index in [1.807, 2.05) is 0 Å². The molecule has 0 spiro atoms. The molecule has 0 fully saturated rings. The Morgan fingerprint density at radius 2 is 1.72 bits per heavy atom. The largest absolute Gasteiger partial charge is 0.381 e. The van der Waals surface area contributed by atoms with Crippen molar-refractivity contribution < 1.29 is 28.7 Å². The summed E-state index contributed by atoms with van der Waals surface area (Å²) in [6.45, 7) is 0.375. The Morgan fingerprint density at radius 3 is 2.17 bits per heavy atom. The third-order valence-corrected chi connectivity index (χ3v) is 7.17. The van der Waals surface area contributed by atoms with Gasteiger partial charge in [-0.3, -0.25) is 9.13 Å². The van der Waals surface area contributed by atoms with Crippen molar-refractivity contribution in [2.24, 2.45) is 0 Å². The van der Waals surface area contributed by atoms with Crippen molar-refractivity contribution in [3.05, 3.63) is 34.4 Å². The van der Waals surface area contributed by atoms with Crippen LogP contribution in [0.25, 0.3) is 0 Å². The van der Waals surface area contributed by atoms with Gasteiger partial charge in [-0.25, -0.2) is 0 Å². The van der Waals surface area contributed by atoms with E-state index in [0.29, 0.717) is 11.4 Å².